The van der Waals surface area contributed by atoms with E-state index in [1.807, 2.05) is 24.3 Å². The number of carbonyl (C=O) groups excluding carboxylic acids is 1. The highest BCUT2D eigenvalue weighted by molar-refractivity contribution is 5.93. The minimum Gasteiger partial charge on any atom is -0.392 e. The lowest BCUT2D eigenvalue weighted by atomic mass is 9.97. The van der Waals surface area contributed by atoms with E-state index in [4.69, 9.17) is 0 Å². The summed E-state index contributed by atoms with van der Waals surface area (Å²) < 4.78 is 0. The molecule has 0 aliphatic carbocycles. The summed E-state index contributed by atoms with van der Waals surface area (Å²) >= 11 is 0. The van der Waals surface area contributed by atoms with Crippen molar-refractivity contribution in [1.82, 2.24) is 5.32 Å². The highest BCUT2D eigenvalue weighted by Crippen LogP contribution is 2.20. The van der Waals surface area contributed by atoms with E-state index in [9.17, 15) is 9.90 Å². The van der Waals surface area contributed by atoms with Crippen molar-refractivity contribution in [3.8, 4) is 0 Å². The summed E-state index contributed by atoms with van der Waals surface area (Å²) in [5.74, 6) is 0.404. The monoisotopic (exact) mass is 234 g/mol. The second kappa shape index (κ2) is 5.29. The number of hydrogen-bond donors (Lipinski definition) is 3. The first-order chi connectivity index (χ1) is 8.22. The molecule has 0 bridgehead atoms. The molecule has 1 saturated heterocycles. The number of aliphatic hydroxyl groups excluding tert-OH is 1. The van der Waals surface area contributed by atoms with E-state index in [1.54, 1.807) is 0 Å². The molecule has 3 N–H and O–H groups in total. The van der Waals surface area contributed by atoms with Crippen LogP contribution in [0.1, 0.15) is 12.5 Å². The predicted octanol–water partition coefficient (Wildman–Crippen LogP) is 0.973. The summed E-state index contributed by atoms with van der Waals surface area (Å²) in [6, 6.07) is 7.33. The van der Waals surface area contributed by atoms with Crippen LogP contribution in [0.15, 0.2) is 24.3 Å². The Balaban J connectivity index is 2.07. The molecule has 1 aliphatic heterocycles. The van der Waals surface area contributed by atoms with E-state index < -0.39 is 0 Å². The fourth-order valence-corrected chi connectivity index (χ4v) is 2.17. The standard InChI is InChI=1S/C13H18N2O2/c1-9-6-14-7-11(9)13(17)15-12-5-3-2-4-10(12)8-16/h2-5,9,11,14,16H,6-8H2,1H3,(H,15,17). The zero-order valence-corrected chi connectivity index (χ0v) is 9.94. The Morgan fingerprint density at radius 2 is 2.24 bits per heavy atom. The van der Waals surface area contributed by atoms with Gasteiger partial charge in [-0.15, -0.1) is 0 Å². The third-order valence-electron chi connectivity index (χ3n) is 3.30. The maximum Gasteiger partial charge on any atom is 0.229 e. The minimum atomic E-state index is -0.0606. The summed E-state index contributed by atoms with van der Waals surface area (Å²) in [7, 11) is 0. The van der Waals surface area contributed by atoms with Gasteiger partial charge in [-0.1, -0.05) is 25.1 Å². The van der Waals surface area contributed by atoms with Crippen LogP contribution in [0, 0.1) is 11.8 Å². The van der Waals surface area contributed by atoms with Crippen molar-refractivity contribution in [3.63, 3.8) is 0 Å². The lowest BCUT2D eigenvalue weighted by molar-refractivity contribution is -0.120. The second-order valence-electron chi connectivity index (χ2n) is 4.55. The van der Waals surface area contributed by atoms with Crippen LogP contribution >= 0.6 is 0 Å². The first kappa shape index (κ1) is 12.1. The van der Waals surface area contributed by atoms with Gasteiger partial charge in [0.05, 0.1) is 12.5 Å². The summed E-state index contributed by atoms with van der Waals surface area (Å²) in [4.78, 5) is 12.1. The Hall–Kier alpha value is -1.39. The SMILES string of the molecule is CC1CNCC1C(=O)Nc1ccccc1CO. The lowest BCUT2D eigenvalue weighted by Gasteiger charge is -2.15. The average Bonchev–Trinajstić information content (AvgIpc) is 2.76. The minimum absolute atomic E-state index is 0.0155. The first-order valence-electron chi connectivity index (χ1n) is 5.92. The van der Waals surface area contributed by atoms with E-state index in [2.05, 4.69) is 17.6 Å². The van der Waals surface area contributed by atoms with Crippen LogP contribution in [0.5, 0.6) is 0 Å². The zero-order valence-electron chi connectivity index (χ0n) is 9.94. The van der Waals surface area contributed by atoms with Crippen molar-refractivity contribution in [3.05, 3.63) is 29.8 Å². The quantitative estimate of drug-likeness (QED) is 0.730. The molecule has 4 nitrogen and oxygen atoms in total. The smallest absolute Gasteiger partial charge is 0.229 e. The molecule has 2 unspecified atom stereocenters. The van der Waals surface area contributed by atoms with Gasteiger partial charge in [0, 0.05) is 17.8 Å². The molecule has 1 heterocycles. The first-order valence-corrected chi connectivity index (χ1v) is 5.92. The number of aliphatic hydroxyl groups is 1. The molecule has 1 aromatic rings. The van der Waals surface area contributed by atoms with Gasteiger partial charge in [-0.3, -0.25) is 4.79 Å². The van der Waals surface area contributed by atoms with Gasteiger partial charge in [0.15, 0.2) is 0 Å². The predicted molar refractivity (Wildman–Crippen MR) is 66.5 cm³/mol. The number of para-hydroxylation sites is 1. The van der Waals surface area contributed by atoms with Crippen molar-refractivity contribution in [1.29, 1.82) is 0 Å². The maximum absolute atomic E-state index is 12.1. The van der Waals surface area contributed by atoms with E-state index in [-0.39, 0.29) is 18.4 Å². The van der Waals surface area contributed by atoms with E-state index in [1.165, 1.54) is 0 Å². The van der Waals surface area contributed by atoms with E-state index in [0.717, 1.165) is 18.7 Å². The topological polar surface area (TPSA) is 61.4 Å². The lowest BCUT2D eigenvalue weighted by Crippen LogP contribution is -2.28. The van der Waals surface area contributed by atoms with Gasteiger partial charge in [0.25, 0.3) is 0 Å². The number of carbonyl (C=O) groups is 1. The molecule has 1 amide bonds. The molecule has 0 spiro atoms. The van der Waals surface area contributed by atoms with Crippen molar-refractivity contribution in [2.45, 2.75) is 13.5 Å². The van der Waals surface area contributed by atoms with Crippen molar-refractivity contribution in [2.24, 2.45) is 11.8 Å². The van der Waals surface area contributed by atoms with Gasteiger partial charge in [0.2, 0.25) is 5.91 Å². The van der Waals surface area contributed by atoms with Crippen molar-refractivity contribution >= 4 is 11.6 Å². The van der Waals surface area contributed by atoms with Gasteiger partial charge in [-0.05, 0) is 18.5 Å². The van der Waals surface area contributed by atoms with Crippen LogP contribution in [-0.4, -0.2) is 24.1 Å². The molecule has 4 heteroatoms. The van der Waals surface area contributed by atoms with Gasteiger partial charge in [-0.25, -0.2) is 0 Å². The van der Waals surface area contributed by atoms with Crippen LogP contribution in [0.3, 0.4) is 0 Å². The summed E-state index contributed by atoms with van der Waals surface area (Å²) in [6.45, 7) is 3.63. The molecule has 92 valence electrons. The summed E-state index contributed by atoms with van der Waals surface area (Å²) in [6.07, 6.45) is 0. The van der Waals surface area contributed by atoms with Crippen LogP contribution in [0.2, 0.25) is 0 Å². The Bertz CT molecular complexity index is 406. The molecule has 0 aromatic heterocycles. The Labute approximate surface area is 101 Å². The fraction of sp³-hybridized carbons (Fsp3) is 0.462. The summed E-state index contributed by atoms with van der Waals surface area (Å²) in [5.41, 5.74) is 1.46. The molecular formula is C13H18N2O2. The van der Waals surface area contributed by atoms with Crippen molar-refractivity contribution in [2.75, 3.05) is 18.4 Å². The normalized spacial score (nSPS) is 23.6. The highest BCUT2D eigenvalue weighted by atomic mass is 16.3. The Morgan fingerprint density at radius 1 is 1.47 bits per heavy atom. The Kier molecular flexibility index (Phi) is 3.76. The second-order valence-corrected chi connectivity index (χ2v) is 4.55. The molecule has 2 atom stereocenters. The third-order valence-corrected chi connectivity index (χ3v) is 3.30. The number of hydrogen-bond acceptors (Lipinski definition) is 3. The number of anilines is 1. The number of rotatable bonds is 3. The van der Waals surface area contributed by atoms with Crippen LogP contribution < -0.4 is 10.6 Å². The maximum atomic E-state index is 12.1. The van der Waals surface area contributed by atoms with Crippen LogP contribution in [0.4, 0.5) is 5.69 Å². The molecule has 1 fully saturated rings. The molecule has 2 rings (SSSR count). The van der Waals surface area contributed by atoms with Gasteiger partial charge in [0.1, 0.15) is 0 Å². The van der Waals surface area contributed by atoms with Crippen LogP contribution in [-0.2, 0) is 11.4 Å². The summed E-state index contributed by atoms with van der Waals surface area (Å²) in [5, 5.41) is 15.3. The number of amides is 1. The Morgan fingerprint density at radius 3 is 2.88 bits per heavy atom. The molecular weight excluding hydrogens is 216 g/mol. The number of benzene rings is 1. The third kappa shape index (κ3) is 2.65. The molecule has 0 saturated carbocycles. The van der Waals surface area contributed by atoms with Gasteiger partial charge < -0.3 is 15.7 Å². The van der Waals surface area contributed by atoms with E-state index in [0.29, 0.717) is 11.6 Å². The molecule has 1 aliphatic rings. The highest BCUT2D eigenvalue weighted by Gasteiger charge is 2.29. The van der Waals surface area contributed by atoms with Gasteiger partial charge in [-0.2, -0.15) is 0 Å². The van der Waals surface area contributed by atoms with E-state index >= 15 is 0 Å². The number of nitrogens with one attached hydrogen (secondary N) is 2. The zero-order chi connectivity index (χ0) is 12.3. The van der Waals surface area contributed by atoms with Crippen LogP contribution in [0.25, 0.3) is 0 Å². The molecule has 17 heavy (non-hydrogen) atoms. The fourth-order valence-electron chi connectivity index (χ4n) is 2.17. The largest absolute Gasteiger partial charge is 0.392 e. The average molecular weight is 234 g/mol. The van der Waals surface area contributed by atoms with Crippen molar-refractivity contribution < 1.29 is 9.90 Å². The molecule has 1 aromatic carbocycles. The van der Waals surface area contributed by atoms with Gasteiger partial charge >= 0.3 is 0 Å². The molecule has 0 radical (unpaired) electrons.